The molecule has 0 bridgehead atoms. The van der Waals surface area contributed by atoms with Crippen molar-refractivity contribution in [3.05, 3.63) is 76.8 Å². The molecule has 10 heteroatoms. The Morgan fingerprint density at radius 3 is 2.65 bits per heavy atom. The number of para-hydroxylation sites is 1. The highest BCUT2D eigenvalue weighted by molar-refractivity contribution is 7.18. The normalized spacial score (nSPS) is 12.5. The number of benzene rings is 1. The van der Waals surface area contributed by atoms with Crippen LogP contribution in [0.25, 0.3) is 10.2 Å². The van der Waals surface area contributed by atoms with Gasteiger partial charge >= 0.3 is 6.18 Å². The van der Waals surface area contributed by atoms with Crippen LogP contribution in [-0.4, -0.2) is 26.5 Å². The summed E-state index contributed by atoms with van der Waals surface area (Å²) in [5.74, 6) is -0.447. The van der Waals surface area contributed by atoms with Crippen molar-refractivity contribution in [2.75, 3.05) is 11.9 Å². The number of nitrogens with one attached hydrogen (secondary N) is 1. The summed E-state index contributed by atoms with van der Waals surface area (Å²) in [7, 11) is 0. The molecule has 1 unspecified atom stereocenters. The highest BCUT2D eigenvalue weighted by atomic mass is 32.1. The maximum atomic E-state index is 13.1. The second-order valence-corrected chi connectivity index (χ2v) is 7.62. The van der Waals surface area contributed by atoms with E-state index in [1.807, 2.05) is 24.3 Å². The fourth-order valence-electron chi connectivity index (χ4n) is 3.07. The van der Waals surface area contributed by atoms with Gasteiger partial charge in [-0.25, -0.2) is 15.0 Å². The summed E-state index contributed by atoms with van der Waals surface area (Å²) >= 11 is 1.42. The first kappa shape index (κ1) is 20.7. The molecule has 0 amide bonds. The van der Waals surface area contributed by atoms with Gasteiger partial charge in [-0.1, -0.05) is 12.1 Å². The van der Waals surface area contributed by atoms with Crippen LogP contribution in [-0.2, 0) is 12.6 Å². The van der Waals surface area contributed by atoms with Crippen molar-refractivity contribution in [1.82, 2.24) is 19.9 Å². The number of rotatable bonds is 6. The summed E-state index contributed by atoms with van der Waals surface area (Å²) in [5, 5.41) is 13.2. The third-order valence-electron chi connectivity index (χ3n) is 4.50. The standard InChI is InChI=1S/C21H15F3N6S/c22-21(23,24)14-4-3-9-26-16(14)8-11-28-20-27-10-7-15(30-20)13(12-25)19-29-17-5-1-2-6-18(17)31-19/h1-7,9-10,13H,8,11H2,(H,27,28,30). The topological polar surface area (TPSA) is 87.4 Å². The van der Waals surface area contributed by atoms with Gasteiger partial charge in [-0.3, -0.25) is 4.98 Å². The number of fused-ring (bicyclic) bond motifs is 1. The van der Waals surface area contributed by atoms with Crippen molar-refractivity contribution < 1.29 is 13.2 Å². The lowest BCUT2D eigenvalue weighted by atomic mass is 10.1. The van der Waals surface area contributed by atoms with E-state index in [1.165, 1.54) is 29.8 Å². The highest BCUT2D eigenvalue weighted by Crippen LogP contribution is 2.32. The van der Waals surface area contributed by atoms with E-state index in [0.29, 0.717) is 10.7 Å². The van der Waals surface area contributed by atoms with Crippen LogP contribution in [0.1, 0.15) is 27.9 Å². The molecule has 0 radical (unpaired) electrons. The Labute approximate surface area is 179 Å². The first-order valence-corrected chi connectivity index (χ1v) is 10.1. The van der Waals surface area contributed by atoms with Crippen molar-refractivity contribution in [3.8, 4) is 6.07 Å². The quantitative estimate of drug-likeness (QED) is 0.463. The van der Waals surface area contributed by atoms with E-state index in [-0.39, 0.29) is 24.6 Å². The molecule has 6 nitrogen and oxygen atoms in total. The highest BCUT2D eigenvalue weighted by Gasteiger charge is 2.33. The smallest absolute Gasteiger partial charge is 0.354 e. The Bertz CT molecular complexity index is 1210. The summed E-state index contributed by atoms with van der Waals surface area (Å²) in [4.78, 5) is 16.8. The van der Waals surface area contributed by atoms with E-state index in [2.05, 4.69) is 31.3 Å². The van der Waals surface area contributed by atoms with Gasteiger partial charge in [-0.05, 0) is 30.3 Å². The van der Waals surface area contributed by atoms with Crippen molar-refractivity contribution in [3.63, 3.8) is 0 Å². The minimum absolute atomic E-state index is 0.0445. The molecule has 0 aliphatic heterocycles. The van der Waals surface area contributed by atoms with Gasteiger partial charge in [0.2, 0.25) is 5.95 Å². The molecule has 4 rings (SSSR count). The molecule has 0 aliphatic carbocycles. The molecule has 0 aliphatic rings. The SMILES string of the molecule is N#CC(c1ccnc(NCCc2ncccc2C(F)(F)F)n1)c1nc2ccccc2s1. The van der Waals surface area contributed by atoms with Crippen molar-refractivity contribution in [2.24, 2.45) is 0 Å². The summed E-state index contributed by atoms with van der Waals surface area (Å²) in [6.45, 7) is 0.155. The minimum atomic E-state index is -4.46. The Balaban J connectivity index is 1.49. The number of hydrogen-bond acceptors (Lipinski definition) is 7. The number of halogens is 3. The molecule has 3 aromatic heterocycles. The third-order valence-corrected chi connectivity index (χ3v) is 5.60. The van der Waals surface area contributed by atoms with Gasteiger partial charge in [-0.2, -0.15) is 18.4 Å². The van der Waals surface area contributed by atoms with E-state index >= 15 is 0 Å². The molecule has 1 atom stereocenters. The van der Waals surface area contributed by atoms with Crippen LogP contribution in [0.2, 0.25) is 0 Å². The molecular formula is C21H15F3N6S. The second-order valence-electron chi connectivity index (χ2n) is 6.56. The molecule has 31 heavy (non-hydrogen) atoms. The zero-order valence-electron chi connectivity index (χ0n) is 16.0. The molecule has 0 saturated heterocycles. The Morgan fingerprint density at radius 2 is 1.87 bits per heavy atom. The lowest BCUT2D eigenvalue weighted by molar-refractivity contribution is -0.138. The number of nitriles is 1. The van der Waals surface area contributed by atoms with E-state index < -0.39 is 17.7 Å². The average Bonchev–Trinajstić information content (AvgIpc) is 3.18. The van der Waals surface area contributed by atoms with Gasteiger partial charge in [-0.15, -0.1) is 11.3 Å². The molecule has 156 valence electrons. The van der Waals surface area contributed by atoms with Crippen LogP contribution in [0.4, 0.5) is 19.1 Å². The predicted octanol–water partition coefficient (Wildman–Crippen LogP) is 4.81. The van der Waals surface area contributed by atoms with Crippen molar-refractivity contribution in [1.29, 1.82) is 5.26 Å². The summed E-state index contributed by atoms with van der Waals surface area (Å²) in [6.07, 6.45) is -1.58. The maximum absolute atomic E-state index is 13.1. The molecule has 3 heterocycles. The maximum Gasteiger partial charge on any atom is 0.418 e. The monoisotopic (exact) mass is 440 g/mol. The van der Waals surface area contributed by atoms with Gasteiger partial charge in [0.25, 0.3) is 0 Å². The third kappa shape index (κ3) is 4.62. The van der Waals surface area contributed by atoms with Crippen molar-refractivity contribution in [2.45, 2.75) is 18.5 Å². The average molecular weight is 440 g/mol. The Morgan fingerprint density at radius 1 is 1.03 bits per heavy atom. The summed E-state index contributed by atoms with van der Waals surface area (Å²) < 4.78 is 40.3. The first-order chi connectivity index (χ1) is 15.0. The number of hydrogen-bond donors (Lipinski definition) is 1. The molecule has 0 saturated carbocycles. The lowest BCUT2D eigenvalue weighted by Crippen LogP contribution is -2.15. The molecule has 1 aromatic carbocycles. The van der Waals surface area contributed by atoms with Crippen LogP contribution < -0.4 is 5.32 Å². The fourth-order valence-corrected chi connectivity index (χ4v) is 4.09. The van der Waals surface area contributed by atoms with Gasteiger partial charge in [0.15, 0.2) is 0 Å². The van der Waals surface area contributed by atoms with Crippen LogP contribution >= 0.6 is 11.3 Å². The summed E-state index contributed by atoms with van der Waals surface area (Å²) in [5.41, 5.74) is 0.466. The first-order valence-electron chi connectivity index (χ1n) is 9.28. The van der Waals surface area contributed by atoms with Crippen LogP contribution in [0.5, 0.6) is 0 Å². The van der Waals surface area contributed by atoms with Crippen LogP contribution in [0.15, 0.2) is 54.9 Å². The van der Waals surface area contributed by atoms with E-state index in [1.54, 1.807) is 6.07 Å². The Hall–Kier alpha value is -3.58. The van der Waals surface area contributed by atoms with Gasteiger partial charge in [0.1, 0.15) is 10.9 Å². The number of nitrogens with zero attached hydrogens (tertiary/aromatic N) is 5. The van der Waals surface area contributed by atoms with E-state index in [4.69, 9.17) is 0 Å². The summed E-state index contributed by atoms with van der Waals surface area (Å²) in [6, 6.07) is 13.7. The second kappa shape index (κ2) is 8.65. The molecule has 1 N–H and O–H groups in total. The molecular weight excluding hydrogens is 425 g/mol. The predicted molar refractivity (Wildman–Crippen MR) is 111 cm³/mol. The number of alkyl halides is 3. The zero-order valence-corrected chi connectivity index (χ0v) is 16.8. The van der Waals surface area contributed by atoms with Crippen molar-refractivity contribution >= 4 is 27.5 Å². The molecule has 0 spiro atoms. The van der Waals surface area contributed by atoms with Crippen LogP contribution in [0, 0.1) is 11.3 Å². The number of thiazole rings is 1. The number of aromatic nitrogens is 4. The van der Waals surface area contributed by atoms with Gasteiger partial charge < -0.3 is 5.32 Å². The van der Waals surface area contributed by atoms with E-state index in [9.17, 15) is 18.4 Å². The Kier molecular flexibility index (Phi) is 5.77. The van der Waals surface area contributed by atoms with Gasteiger partial charge in [0, 0.05) is 25.4 Å². The van der Waals surface area contributed by atoms with Crippen LogP contribution in [0.3, 0.4) is 0 Å². The number of pyridine rings is 1. The largest absolute Gasteiger partial charge is 0.418 e. The van der Waals surface area contributed by atoms with Gasteiger partial charge in [0.05, 0.1) is 33.2 Å². The number of anilines is 1. The zero-order chi connectivity index (χ0) is 21.8. The van der Waals surface area contributed by atoms with E-state index in [0.717, 1.165) is 16.3 Å². The molecule has 0 fully saturated rings. The lowest BCUT2D eigenvalue weighted by Gasteiger charge is -2.12. The molecule has 4 aromatic rings. The fraction of sp³-hybridized carbons (Fsp3) is 0.190. The minimum Gasteiger partial charge on any atom is -0.354 e.